The molecule has 1 amide bonds. The van der Waals surface area contributed by atoms with E-state index in [0.29, 0.717) is 12.2 Å². The second-order valence-electron chi connectivity index (χ2n) is 11.6. The molecule has 2 aliphatic rings. The van der Waals surface area contributed by atoms with Gasteiger partial charge < -0.3 is 69.3 Å². The van der Waals surface area contributed by atoms with Crippen LogP contribution in [-0.4, -0.2) is 161 Å². The maximum absolute atomic E-state index is 12.3. The maximum Gasteiger partial charge on any atom is 0.317 e. The van der Waals surface area contributed by atoms with Crippen molar-refractivity contribution in [1.82, 2.24) is 39.8 Å². The Morgan fingerprint density at radius 1 is 1.06 bits per heavy atom. The molecule has 25 heteroatoms. The molecule has 0 bridgehead atoms. The number of aromatic amines is 1. The Morgan fingerprint density at radius 3 is 2.50 bits per heavy atom. The van der Waals surface area contributed by atoms with Crippen molar-refractivity contribution in [1.29, 1.82) is 0 Å². The zero-order valence-electron chi connectivity index (χ0n) is 27.8. The molecule has 52 heavy (non-hydrogen) atoms. The highest BCUT2D eigenvalue weighted by Crippen LogP contribution is 2.39. The first kappa shape index (κ1) is 39.7. The Hall–Kier alpha value is -3.49. The highest BCUT2D eigenvalue weighted by atomic mass is 31.1. The van der Waals surface area contributed by atoms with Crippen LogP contribution < -0.4 is 16.6 Å². The van der Waals surface area contributed by atoms with Crippen molar-refractivity contribution < 1.29 is 67.6 Å². The first-order valence-corrected chi connectivity index (χ1v) is 17.3. The van der Waals surface area contributed by atoms with Gasteiger partial charge in [0, 0.05) is 6.92 Å². The summed E-state index contributed by atoms with van der Waals surface area (Å²) in [7, 11) is -3.49. The fourth-order valence-corrected chi connectivity index (χ4v) is 6.17. The number of nitrogens with one attached hydrogen (secondary N) is 2. The number of nitrogens with two attached hydrogens (primary N) is 1. The number of aliphatic hydroxyl groups excluding tert-OH is 4. The number of carbonyl (C=O) groups is 1. The predicted octanol–water partition coefficient (Wildman–Crippen LogP) is -4.47. The zero-order chi connectivity index (χ0) is 37.4. The molecular weight excluding hydrogens is 721 g/mol. The normalized spacial score (nSPS) is 28.4. The molecule has 5 rings (SSSR count). The topological polar surface area (TPSA) is 332 Å². The number of aliphatic hydroxyl groups is 4. The van der Waals surface area contributed by atoms with E-state index < -0.39 is 88.1 Å². The molecular formula is C27H42N9O15P. The van der Waals surface area contributed by atoms with Gasteiger partial charge in [-0.05, 0) is 0 Å². The quantitative estimate of drug-likeness (QED) is 0.0421. The van der Waals surface area contributed by atoms with Crippen LogP contribution in [0.4, 0.5) is 5.95 Å². The van der Waals surface area contributed by atoms with Crippen molar-refractivity contribution in [3.8, 4) is 0 Å². The van der Waals surface area contributed by atoms with Gasteiger partial charge in [0.1, 0.15) is 48.4 Å². The number of fused-ring (bicyclic) bond motifs is 1. The van der Waals surface area contributed by atoms with Gasteiger partial charge in [0.2, 0.25) is 11.9 Å². The Kier molecular flexibility index (Phi) is 14.1. The fraction of sp³-hybridized carbons (Fsp3) is 0.704. The smallest absolute Gasteiger partial charge is 0.317 e. The van der Waals surface area contributed by atoms with E-state index in [-0.39, 0.29) is 56.8 Å². The van der Waals surface area contributed by atoms with E-state index in [4.69, 9.17) is 38.7 Å². The van der Waals surface area contributed by atoms with Gasteiger partial charge in [-0.3, -0.25) is 23.7 Å². The third kappa shape index (κ3) is 9.73. The molecule has 2 fully saturated rings. The predicted molar refractivity (Wildman–Crippen MR) is 171 cm³/mol. The molecule has 5 heterocycles. The number of nitrogen functional groups attached to an aromatic ring is 1. The van der Waals surface area contributed by atoms with Gasteiger partial charge >= 0.3 is 8.25 Å². The van der Waals surface area contributed by atoms with Gasteiger partial charge in [0.25, 0.3) is 5.56 Å². The lowest BCUT2D eigenvalue weighted by molar-refractivity contribution is -0.272. The van der Waals surface area contributed by atoms with Crippen molar-refractivity contribution >= 4 is 31.3 Å². The van der Waals surface area contributed by atoms with E-state index in [2.05, 4.69) is 30.6 Å². The second kappa shape index (κ2) is 18.5. The maximum atomic E-state index is 12.3. The number of carbonyl (C=O) groups excluding carboxylic acids is 1. The highest BCUT2D eigenvalue weighted by Gasteiger charge is 2.49. The number of anilines is 1. The molecule has 0 spiro atoms. The van der Waals surface area contributed by atoms with E-state index in [1.165, 1.54) is 22.5 Å². The average Bonchev–Trinajstić information content (AvgIpc) is 3.82. The molecule has 0 aliphatic carbocycles. The van der Waals surface area contributed by atoms with Crippen LogP contribution in [-0.2, 0) is 55.5 Å². The van der Waals surface area contributed by atoms with Crippen LogP contribution in [0.1, 0.15) is 18.8 Å². The van der Waals surface area contributed by atoms with Crippen LogP contribution in [0.5, 0.6) is 0 Å². The second-order valence-corrected chi connectivity index (χ2v) is 12.4. The van der Waals surface area contributed by atoms with Gasteiger partial charge in [0.15, 0.2) is 23.7 Å². The summed E-state index contributed by atoms with van der Waals surface area (Å²) in [4.78, 5) is 43.9. The van der Waals surface area contributed by atoms with Crippen LogP contribution in [0.2, 0.25) is 0 Å². The number of aromatic nitrogens is 7. The molecule has 10 atom stereocenters. The third-order valence-electron chi connectivity index (χ3n) is 8.03. The summed E-state index contributed by atoms with van der Waals surface area (Å²) in [5.74, 6) is -0.635. The summed E-state index contributed by atoms with van der Waals surface area (Å²) in [5.41, 5.74) is 5.53. The van der Waals surface area contributed by atoms with Crippen LogP contribution in [0, 0.1) is 0 Å². The highest BCUT2D eigenvalue weighted by molar-refractivity contribution is 7.32. The SMILES string of the molecule is CC(=O)NC1C(OCCOCCOCCn2cc(COC3C(O[PH](=O)O)C(CO)OC3n3cnc4c(=O)[nH]c(N)nc43)nn2)OC(CO)C(O)C1O. The van der Waals surface area contributed by atoms with Crippen molar-refractivity contribution in [2.45, 2.75) is 75.3 Å². The van der Waals surface area contributed by atoms with Crippen LogP contribution in [0.3, 0.4) is 0 Å². The molecule has 24 nitrogen and oxygen atoms in total. The summed E-state index contributed by atoms with van der Waals surface area (Å²) in [6.45, 7) is 1.13. The van der Waals surface area contributed by atoms with Crippen molar-refractivity contribution in [2.24, 2.45) is 0 Å². The number of rotatable bonds is 19. The number of amides is 1. The zero-order valence-corrected chi connectivity index (χ0v) is 28.8. The van der Waals surface area contributed by atoms with E-state index in [0.717, 1.165) is 0 Å². The summed E-state index contributed by atoms with van der Waals surface area (Å²) in [6.07, 6.45) is -6.62. The lowest BCUT2D eigenvalue weighted by Crippen LogP contribution is -2.64. The molecule has 2 saturated heterocycles. The molecule has 9 N–H and O–H groups in total. The summed E-state index contributed by atoms with van der Waals surface area (Å²) < 4.78 is 53.8. The number of imidazole rings is 1. The largest absolute Gasteiger partial charge is 0.394 e. The van der Waals surface area contributed by atoms with Crippen LogP contribution >= 0.6 is 8.25 Å². The molecule has 290 valence electrons. The molecule has 3 aromatic heterocycles. The van der Waals surface area contributed by atoms with Gasteiger partial charge in [0.05, 0.1) is 71.9 Å². The minimum atomic E-state index is -3.49. The minimum absolute atomic E-state index is 0.0237. The first-order valence-electron chi connectivity index (χ1n) is 16.1. The number of ether oxygens (including phenoxy) is 6. The standard InChI is InChI=1S/C27H42N9O15P/c1-13(39)30-17-20(41)19(40)15(9-37)50-26(17)47-7-6-46-5-4-45-3-2-35-8-14(33-34-35)11-48-22-21(51-52(43)44)16(10-38)49-25(22)36-12-29-18-23(36)31-27(28)32-24(18)42/h8,12,15-17,19-22,25-26,37-38,40-41,52H,2-7,9-11H2,1H3,(H,30,39)(H,43,44)(H3,28,31,32,42). The fourth-order valence-electron chi connectivity index (χ4n) is 5.66. The number of H-pyrrole nitrogens is 1. The van der Waals surface area contributed by atoms with Gasteiger partial charge in [-0.1, -0.05) is 5.21 Å². The van der Waals surface area contributed by atoms with Crippen LogP contribution in [0.15, 0.2) is 17.3 Å². The third-order valence-corrected chi connectivity index (χ3v) is 8.51. The Labute approximate surface area is 294 Å². The lowest BCUT2D eigenvalue weighted by atomic mass is 9.97. The van der Waals surface area contributed by atoms with E-state index in [1.54, 1.807) is 6.20 Å². The van der Waals surface area contributed by atoms with Gasteiger partial charge in [-0.25, -0.2) is 9.67 Å². The Balaban J connectivity index is 1.06. The Morgan fingerprint density at radius 2 is 1.79 bits per heavy atom. The average molecular weight is 764 g/mol. The van der Waals surface area contributed by atoms with E-state index in [9.17, 15) is 39.5 Å². The monoisotopic (exact) mass is 763 g/mol. The summed E-state index contributed by atoms with van der Waals surface area (Å²) >= 11 is 0. The van der Waals surface area contributed by atoms with Crippen molar-refractivity contribution in [3.63, 3.8) is 0 Å². The molecule has 2 aliphatic heterocycles. The molecule has 10 unspecified atom stereocenters. The molecule has 0 radical (unpaired) electrons. The van der Waals surface area contributed by atoms with Crippen LogP contribution in [0.25, 0.3) is 11.2 Å². The van der Waals surface area contributed by atoms with Gasteiger partial charge in [-0.15, -0.1) is 5.10 Å². The van der Waals surface area contributed by atoms with Crippen molar-refractivity contribution in [3.05, 3.63) is 28.6 Å². The first-order chi connectivity index (χ1) is 25.0. The number of hydrogen-bond acceptors (Lipinski definition) is 19. The minimum Gasteiger partial charge on any atom is -0.394 e. The number of nitrogens with zero attached hydrogens (tertiary/aromatic N) is 6. The lowest BCUT2D eigenvalue weighted by Gasteiger charge is -2.42. The van der Waals surface area contributed by atoms with Crippen molar-refractivity contribution in [2.75, 3.05) is 52.0 Å². The molecule has 0 saturated carbocycles. The molecule has 0 aromatic carbocycles. The van der Waals surface area contributed by atoms with Gasteiger partial charge in [-0.2, -0.15) is 4.98 Å². The Bertz CT molecular complexity index is 1690. The number of hydrogen-bond donors (Lipinski definition) is 8. The summed E-state index contributed by atoms with van der Waals surface area (Å²) in [5, 5.41) is 50.3. The van der Waals surface area contributed by atoms with E-state index in [1.807, 2.05) is 0 Å². The summed E-state index contributed by atoms with van der Waals surface area (Å²) in [6, 6.07) is -1.05. The molecule has 3 aromatic rings. The van der Waals surface area contributed by atoms with E-state index >= 15 is 0 Å².